The highest BCUT2D eigenvalue weighted by Crippen LogP contribution is 2.34. The second-order valence-corrected chi connectivity index (χ2v) is 11.1. The average molecular weight is 460 g/mol. The summed E-state index contributed by atoms with van der Waals surface area (Å²) in [5, 5.41) is 0. The van der Waals surface area contributed by atoms with Crippen molar-refractivity contribution in [3.8, 4) is 0 Å². The largest absolute Gasteiger partial charge is 0.452 e. The minimum atomic E-state index is -3.04. The van der Waals surface area contributed by atoms with E-state index in [-0.39, 0.29) is 29.4 Å². The Balaban J connectivity index is 1.67. The quantitative estimate of drug-likeness (QED) is 0.599. The summed E-state index contributed by atoms with van der Waals surface area (Å²) < 4.78 is 30.2. The van der Waals surface area contributed by atoms with E-state index in [4.69, 9.17) is 4.42 Å². The lowest BCUT2D eigenvalue weighted by molar-refractivity contribution is -0.139. The number of amides is 1. The Kier molecular flexibility index (Phi) is 7.06. The van der Waals surface area contributed by atoms with Crippen molar-refractivity contribution in [3.63, 3.8) is 0 Å². The number of furan rings is 1. The predicted octanol–water partition coefficient (Wildman–Crippen LogP) is 4.55. The number of hydrogen-bond acceptors (Lipinski definition) is 4. The van der Waals surface area contributed by atoms with Crippen molar-refractivity contribution in [3.05, 3.63) is 22.6 Å². The number of unbranched alkanes of at least 4 members (excludes halogenated alkanes) is 1. The first-order valence-corrected chi connectivity index (χ1v) is 12.7. The Hall–Kier alpha value is -0.820. The molecule has 0 radical (unpaired) electrons. The standard InChI is InChI=1S/C20H30BrNO4S/c1-2-3-4-15-5-7-16(8-6-15)20(23)22(13-18-9-10-19(21)26-18)17-11-12-27(24,25)14-17/h9-10,15-17H,2-8,11-14H2,1H3/t15?,16?,17-/m0/s1. The second kappa shape index (κ2) is 9.12. The van der Waals surface area contributed by atoms with E-state index in [2.05, 4.69) is 22.9 Å². The van der Waals surface area contributed by atoms with Crippen LogP contribution in [0.25, 0.3) is 0 Å². The average Bonchev–Trinajstić information content (AvgIpc) is 3.22. The van der Waals surface area contributed by atoms with Crippen LogP contribution >= 0.6 is 15.9 Å². The molecular weight excluding hydrogens is 430 g/mol. The van der Waals surface area contributed by atoms with Crippen molar-refractivity contribution in [2.45, 2.75) is 70.9 Å². The summed E-state index contributed by atoms with van der Waals surface area (Å²) in [5.74, 6) is 1.81. The summed E-state index contributed by atoms with van der Waals surface area (Å²) in [6.07, 6.45) is 8.35. The van der Waals surface area contributed by atoms with Gasteiger partial charge in [-0.15, -0.1) is 0 Å². The molecule has 0 bridgehead atoms. The van der Waals surface area contributed by atoms with Crippen LogP contribution in [0.2, 0.25) is 0 Å². The molecule has 2 fully saturated rings. The SMILES string of the molecule is CCCCC1CCC(C(=O)N(Cc2ccc(Br)o2)[C@H]2CCS(=O)(=O)C2)CC1. The molecule has 1 aliphatic carbocycles. The smallest absolute Gasteiger partial charge is 0.226 e. The molecule has 2 aliphatic rings. The summed E-state index contributed by atoms with van der Waals surface area (Å²) in [5.41, 5.74) is 0. The van der Waals surface area contributed by atoms with Gasteiger partial charge < -0.3 is 9.32 Å². The third-order valence-electron chi connectivity index (χ3n) is 6.05. The molecule has 0 spiro atoms. The molecule has 1 atom stereocenters. The van der Waals surface area contributed by atoms with Crippen LogP contribution in [0.1, 0.15) is 64.1 Å². The highest BCUT2D eigenvalue weighted by atomic mass is 79.9. The summed E-state index contributed by atoms with van der Waals surface area (Å²) in [7, 11) is -3.04. The fraction of sp³-hybridized carbons (Fsp3) is 0.750. The summed E-state index contributed by atoms with van der Waals surface area (Å²) in [6.45, 7) is 2.57. The van der Waals surface area contributed by atoms with E-state index in [1.165, 1.54) is 19.3 Å². The minimum Gasteiger partial charge on any atom is -0.452 e. The molecule has 5 nitrogen and oxygen atoms in total. The van der Waals surface area contributed by atoms with E-state index in [1.807, 2.05) is 12.1 Å². The van der Waals surface area contributed by atoms with Crippen molar-refractivity contribution >= 4 is 31.7 Å². The van der Waals surface area contributed by atoms with Crippen LogP contribution in [0.4, 0.5) is 0 Å². The van der Waals surface area contributed by atoms with Gasteiger partial charge in [0.2, 0.25) is 5.91 Å². The van der Waals surface area contributed by atoms with Gasteiger partial charge in [0.15, 0.2) is 14.5 Å². The van der Waals surface area contributed by atoms with Crippen LogP contribution in [-0.2, 0) is 21.2 Å². The summed E-state index contributed by atoms with van der Waals surface area (Å²) >= 11 is 3.30. The van der Waals surface area contributed by atoms with E-state index in [0.29, 0.717) is 23.4 Å². The van der Waals surface area contributed by atoms with Gasteiger partial charge in [0, 0.05) is 12.0 Å². The zero-order valence-corrected chi connectivity index (χ0v) is 18.4. The molecule has 1 saturated heterocycles. The van der Waals surface area contributed by atoms with E-state index in [0.717, 1.165) is 31.6 Å². The number of carbonyl (C=O) groups excluding carboxylic acids is 1. The van der Waals surface area contributed by atoms with Gasteiger partial charge in [-0.2, -0.15) is 0 Å². The van der Waals surface area contributed by atoms with Gasteiger partial charge in [0.25, 0.3) is 0 Å². The van der Waals surface area contributed by atoms with Gasteiger partial charge in [-0.05, 0) is 66.1 Å². The van der Waals surface area contributed by atoms with Crippen molar-refractivity contribution in [2.24, 2.45) is 11.8 Å². The maximum atomic E-state index is 13.3. The topological polar surface area (TPSA) is 67.6 Å². The van der Waals surface area contributed by atoms with Gasteiger partial charge in [-0.1, -0.05) is 26.2 Å². The third kappa shape index (κ3) is 5.59. The highest BCUT2D eigenvalue weighted by molar-refractivity contribution is 9.10. The monoisotopic (exact) mass is 459 g/mol. The normalized spacial score (nSPS) is 27.6. The molecule has 1 saturated carbocycles. The van der Waals surface area contributed by atoms with Crippen LogP contribution in [0.3, 0.4) is 0 Å². The van der Waals surface area contributed by atoms with E-state index < -0.39 is 9.84 Å². The Morgan fingerprint density at radius 3 is 2.52 bits per heavy atom. The van der Waals surface area contributed by atoms with Crippen molar-refractivity contribution < 1.29 is 17.6 Å². The molecule has 27 heavy (non-hydrogen) atoms. The summed E-state index contributed by atoms with van der Waals surface area (Å²) in [6, 6.07) is 3.42. The summed E-state index contributed by atoms with van der Waals surface area (Å²) in [4.78, 5) is 15.1. The first-order chi connectivity index (χ1) is 12.9. The van der Waals surface area contributed by atoms with Crippen LogP contribution in [0.15, 0.2) is 21.2 Å². The van der Waals surface area contributed by atoms with Crippen LogP contribution in [0, 0.1) is 11.8 Å². The molecular formula is C20H30BrNO4S. The molecule has 0 N–H and O–H groups in total. The number of sulfone groups is 1. The first-order valence-electron chi connectivity index (χ1n) is 10.1. The van der Waals surface area contributed by atoms with E-state index in [9.17, 15) is 13.2 Å². The third-order valence-corrected chi connectivity index (χ3v) is 8.23. The van der Waals surface area contributed by atoms with E-state index in [1.54, 1.807) is 4.90 Å². The van der Waals surface area contributed by atoms with Crippen LogP contribution in [-0.4, -0.2) is 36.8 Å². The molecule has 1 amide bonds. The van der Waals surface area contributed by atoms with Gasteiger partial charge in [0.1, 0.15) is 5.76 Å². The van der Waals surface area contributed by atoms with Gasteiger partial charge in [-0.3, -0.25) is 4.79 Å². The van der Waals surface area contributed by atoms with Crippen LogP contribution < -0.4 is 0 Å². The molecule has 7 heteroatoms. The lowest BCUT2D eigenvalue weighted by atomic mass is 9.79. The van der Waals surface area contributed by atoms with Gasteiger partial charge >= 0.3 is 0 Å². The molecule has 0 unspecified atom stereocenters. The van der Waals surface area contributed by atoms with Crippen molar-refractivity contribution in [2.75, 3.05) is 11.5 Å². The zero-order chi connectivity index (χ0) is 19.4. The van der Waals surface area contributed by atoms with Gasteiger partial charge in [-0.25, -0.2) is 8.42 Å². The Morgan fingerprint density at radius 1 is 1.22 bits per heavy atom. The Bertz CT molecular complexity index is 737. The Morgan fingerprint density at radius 2 is 1.96 bits per heavy atom. The minimum absolute atomic E-state index is 0.0181. The molecule has 2 heterocycles. The van der Waals surface area contributed by atoms with Gasteiger partial charge in [0.05, 0.1) is 18.1 Å². The van der Waals surface area contributed by atoms with Crippen molar-refractivity contribution in [1.82, 2.24) is 4.90 Å². The van der Waals surface area contributed by atoms with E-state index >= 15 is 0 Å². The Labute approximate surface area is 170 Å². The highest BCUT2D eigenvalue weighted by Gasteiger charge is 2.38. The fourth-order valence-electron chi connectivity index (χ4n) is 4.44. The predicted molar refractivity (Wildman–Crippen MR) is 109 cm³/mol. The number of hydrogen-bond donors (Lipinski definition) is 0. The maximum Gasteiger partial charge on any atom is 0.226 e. The number of halogens is 1. The molecule has 152 valence electrons. The molecule has 1 aromatic rings. The molecule has 3 rings (SSSR count). The number of nitrogens with zero attached hydrogens (tertiary/aromatic N) is 1. The van der Waals surface area contributed by atoms with Crippen molar-refractivity contribution in [1.29, 1.82) is 0 Å². The number of rotatable bonds is 7. The molecule has 1 aliphatic heterocycles. The maximum absolute atomic E-state index is 13.3. The van der Waals surface area contributed by atoms with Crippen LogP contribution in [0.5, 0.6) is 0 Å². The fourth-order valence-corrected chi connectivity index (χ4v) is 6.51. The lowest BCUT2D eigenvalue weighted by Crippen LogP contribution is -2.44. The second-order valence-electron chi connectivity index (χ2n) is 8.09. The number of carbonyl (C=O) groups is 1. The first kappa shape index (κ1) is 20.9. The molecule has 1 aromatic heterocycles. The molecule has 0 aromatic carbocycles. The lowest BCUT2D eigenvalue weighted by Gasteiger charge is -2.34. The zero-order valence-electron chi connectivity index (χ0n) is 16.0.